The van der Waals surface area contributed by atoms with E-state index in [9.17, 15) is 43.2 Å². The number of hydrogen-bond donors (Lipinski definition) is 3. The van der Waals surface area contributed by atoms with E-state index in [-0.39, 0.29) is 25.7 Å². The lowest BCUT2D eigenvalue weighted by atomic mass is 10.0. The minimum Gasteiger partial charge on any atom is -0.462 e. The van der Waals surface area contributed by atoms with Crippen molar-refractivity contribution in [2.45, 2.75) is 433 Å². The molecule has 0 radical (unpaired) electrons. The summed E-state index contributed by atoms with van der Waals surface area (Å²) >= 11 is 0. The van der Waals surface area contributed by atoms with Gasteiger partial charge in [-0.3, -0.25) is 37.3 Å². The highest BCUT2D eigenvalue weighted by atomic mass is 31.2. The van der Waals surface area contributed by atoms with Crippen LogP contribution in [0.25, 0.3) is 0 Å². The molecule has 0 saturated heterocycles. The molecule has 2 unspecified atom stereocenters. The zero-order chi connectivity index (χ0) is 73.0. The second-order valence-electron chi connectivity index (χ2n) is 30.2. The average molecular weight is 1450 g/mol. The summed E-state index contributed by atoms with van der Waals surface area (Å²) in [5.74, 6) is 0.0474. The van der Waals surface area contributed by atoms with Gasteiger partial charge in [-0.25, -0.2) is 9.13 Å². The van der Waals surface area contributed by atoms with Crippen LogP contribution in [0.1, 0.15) is 414 Å². The molecule has 0 aliphatic carbocycles. The van der Waals surface area contributed by atoms with Gasteiger partial charge in [0.1, 0.15) is 19.3 Å². The number of carbonyl (C=O) groups is 4. The molecule has 588 valence electrons. The average Bonchev–Trinajstić information content (AvgIpc) is 1.34. The van der Waals surface area contributed by atoms with Gasteiger partial charge >= 0.3 is 39.5 Å². The normalized spacial score (nSPS) is 14.0. The topological polar surface area (TPSA) is 237 Å². The summed E-state index contributed by atoms with van der Waals surface area (Å²) in [5.41, 5.74) is 0. The van der Waals surface area contributed by atoms with Crippen molar-refractivity contribution in [1.29, 1.82) is 0 Å². The maximum Gasteiger partial charge on any atom is 0.472 e. The van der Waals surface area contributed by atoms with Gasteiger partial charge in [-0.05, 0) is 43.4 Å². The number of unbranched alkanes of at least 4 members (excludes halogenated alkanes) is 46. The minimum atomic E-state index is -4.96. The zero-order valence-corrected chi connectivity index (χ0v) is 66.8. The number of phosphoric ester groups is 2. The van der Waals surface area contributed by atoms with Crippen molar-refractivity contribution >= 4 is 39.5 Å². The Kier molecular flexibility index (Phi) is 69.0. The van der Waals surface area contributed by atoms with Crippen molar-refractivity contribution in [1.82, 2.24) is 0 Å². The summed E-state index contributed by atoms with van der Waals surface area (Å²) in [6.45, 7) is 11.8. The van der Waals surface area contributed by atoms with Gasteiger partial charge in [-0.1, -0.05) is 363 Å². The summed E-state index contributed by atoms with van der Waals surface area (Å²) in [6.07, 6.45) is 58.9. The molecule has 0 heterocycles. The molecule has 17 nitrogen and oxygen atoms in total. The molecule has 0 spiro atoms. The zero-order valence-electron chi connectivity index (χ0n) is 65.0. The molecule has 0 amide bonds. The van der Waals surface area contributed by atoms with Gasteiger partial charge in [-0.15, -0.1) is 0 Å². The molecule has 19 heteroatoms. The lowest BCUT2D eigenvalue weighted by Gasteiger charge is -2.21. The first-order valence-corrected chi connectivity index (χ1v) is 44.3. The van der Waals surface area contributed by atoms with Crippen LogP contribution in [0.15, 0.2) is 0 Å². The van der Waals surface area contributed by atoms with Crippen molar-refractivity contribution in [3.05, 3.63) is 0 Å². The number of hydrogen-bond acceptors (Lipinski definition) is 15. The van der Waals surface area contributed by atoms with E-state index in [4.69, 9.17) is 37.0 Å². The Morgan fingerprint density at radius 3 is 0.687 bits per heavy atom. The van der Waals surface area contributed by atoms with E-state index in [2.05, 4.69) is 48.5 Å². The van der Waals surface area contributed by atoms with E-state index >= 15 is 0 Å². The molecule has 0 bridgehead atoms. The fraction of sp³-hybridized carbons (Fsp3) is 0.950. The van der Waals surface area contributed by atoms with Crippen molar-refractivity contribution in [2.24, 2.45) is 17.8 Å². The number of esters is 4. The number of aliphatic hydroxyl groups is 1. The van der Waals surface area contributed by atoms with Crippen LogP contribution in [-0.4, -0.2) is 96.7 Å². The highest BCUT2D eigenvalue weighted by Gasteiger charge is 2.30. The summed E-state index contributed by atoms with van der Waals surface area (Å²) < 4.78 is 68.5. The molecule has 99 heavy (non-hydrogen) atoms. The second-order valence-corrected chi connectivity index (χ2v) is 33.1. The summed E-state index contributed by atoms with van der Waals surface area (Å²) in [4.78, 5) is 72.8. The van der Waals surface area contributed by atoms with E-state index < -0.39 is 97.5 Å². The molecule has 0 fully saturated rings. The summed E-state index contributed by atoms with van der Waals surface area (Å²) in [7, 11) is -9.91. The van der Waals surface area contributed by atoms with Crippen LogP contribution in [0.3, 0.4) is 0 Å². The number of rotatable bonds is 78. The molecule has 0 saturated carbocycles. The van der Waals surface area contributed by atoms with E-state index in [1.807, 2.05) is 0 Å². The van der Waals surface area contributed by atoms with E-state index in [1.165, 1.54) is 218 Å². The van der Waals surface area contributed by atoms with Gasteiger partial charge in [0, 0.05) is 25.7 Å². The molecule has 0 aromatic carbocycles. The van der Waals surface area contributed by atoms with Crippen LogP contribution in [0.2, 0.25) is 0 Å². The SMILES string of the molecule is CCCCCCCCCCCCCCCCCCCCCCC(=O)OC[C@H](COP(=O)(O)OC[C@@H](O)COP(=O)(O)OC[C@@H](COC(=O)CCCCCCCCC(C)C)OC(=O)CCCCCCCCC(C)C)OC(=O)CCCCCCCCCCCCCCCCCCCCC(C)C. The predicted molar refractivity (Wildman–Crippen MR) is 405 cm³/mol. The Bertz CT molecular complexity index is 1920. The standard InChI is InChI=1S/C80H156O17P2/c1-8-9-10-11-12-13-14-15-16-17-18-19-23-26-29-32-35-38-47-54-61-77(82)90-67-75(96-79(84)63-56-49-39-36-33-30-27-24-21-20-22-25-28-31-34-37-44-51-58-71(2)3)69-94-98(86,87)92-65-74(81)66-93-99(88,89)95-70-76(97-80(85)64-57-50-43-41-46-53-60-73(6)7)68-91-78(83)62-55-48-42-40-45-52-59-72(4)5/h71-76,81H,8-70H2,1-7H3,(H,86,87)(H,88,89)/t74-,75-,76-/m1/s1. The maximum atomic E-state index is 13.1. The molecule has 3 N–H and O–H groups in total. The Labute approximate surface area is 607 Å². The number of aliphatic hydroxyl groups excluding tert-OH is 1. The van der Waals surface area contributed by atoms with Crippen LogP contribution in [-0.2, 0) is 65.4 Å². The highest BCUT2D eigenvalue weighted by molar-refractivity contribution is 7.47. The monoisotopic (exact) mass is 1450 g/mol. The third kappa shape index (κ3) is 74.1. The van der Waals surface area contributed by atoms with Crippen molar-refractivity contribution < 1.29 is 80.2 Å². The lowest BCUT2D eigenvalue weighted by molar-refractivity contribution is -0.161. The second kappa shape index (κ2) is 70.4. The molecule has 0 aliphatic heterocycles. The Morgan fingerprint density at radius 2 is 0.465 bits per heavy atom. The van der Waals surface area contributed by atoms with E-state index in [1.54, 1.807) is 0 Å². The molecule has 0 aromatic heterocycles. The largest absolute Gasteiger partial charge is 0.472 e. The van der Waals surface area contributed by atoms with Gasteiger partial charge in [-0.2, -0.15) is 0 Å². The molecule has 0 rings (SSSR count). The first kappa shape index (κ1) is 97.1. The minimum absolute atomic E-state index is 0.101. The lowest BCUT2D eigenvalue weighted by Crippen LogP contribution is -2.30. The number of phosphoric acid groups is 2. The maximum absolute atomic E-state index is 13.1. The van der Waals surface area contributed by atoms with Crippen LogP contribution in [0, 0.1) is 17.8 Å². The molecule has 0 aromatic rings. The van der Waals surface area contributed by atoms with E-state index in [0.29, 0.717) is 37.5 Å². The smallest absolute Gasteiger partial charge is 0.462 e. The van der Waals surface area contributed by atoms with Gasteiger partial charge in [0.05, 0.1) is 26.4 Å². The van der Waals surface area contributed by atoms with Gasteiger partial charge < -0.3 is 33.8 Å². The van der Waals surface area contributed by atoms with E-state index in [0.717, 1.165) is 102 Å². The third-order valence-corrected chi connectivity index (χ3v) is 20.5. The Morgan fingerprint density at radius 1 is 0.273 bits per heavy atom. The van der Waals surface area contributed by atoms with Crippen molar-refractivity contribution in [3.8, 4) is 0 Å². The predicted octanol–water partition coefficient (Wildman–Crippen LogP) is 23.7. The van der Waals surface area contributed by atoms with Crippen LogP contribution < -0.4 is 0 Å². The van der Waals surface area contributed by atoms with Gasteiger partial charge in [0.25, 0.3) is 0 Å². The number of carbonyl (C=O) groups excluding carboxylic acids is 4. The Hall–Kier alpha value is -1.94. The molecular weight excluding hydrogens is 1290 g/mol. The van der Waals surface area contributed by atoms with Crippen molar-refractivity contribution in [2.75, 3.05) is 39.6 Å². The summed E-state index contributed by atoms with van der Waals surface area (Å²) in [6, 6.07) is 0. The fourth-order valence-electron chi connectivity index (χ4n) is 12.3. The first-order valence-electron chi connectivity index (χ1n) is 41.3. The fourth-order valence-corrected chi connectivity index (χ4v) is 13.9. The molecular formula is C80H156O17P2. The van der Waals surface area contributed by atoms with Crippen LogP contribution >= 0.6 is 15.6 Å². The molecule has 5 atom stereocenters. The van der Waals surface area contributed by atoms with Gasteiger partial charge in [0.2, 0.25) is 0 Å². The first-order chi connectivity index (χ1) is 47.7. The van der Waals surface area contributed by atoms with Gasteiger partial charge in [0.15, 0.2) is 12.2 Å². The van der Waals surface area contributed by atoms with Crippen molar-refractivity contribution in [3.63, 3.8) is 0 Å². The Balaban J connectivity index is 5.16. The summed E-state index contributed by atoms with van der Waals surface area (Å²) in [5, 5.41) is 10.6. The number of ether oxygens (including phenoxy) is 4. The molecule has 0 aliphatic rings. The van der Waals surface area contributed by atoms with Crippen LogP contribution in [0.4, 0.5) is 0 Å². The highest BCUT2D eigenvalue weighted by Crippen LogP contribution is 2.45. The van der Waals surface area contributed by atoms with Crippen LogP contribution in [0.5, 0.6) is 0 Å². The third-order valence-electron chi connectivity index (χ3n) is 18.6. The quantitative estimate of drug-likeness (QED) is 0.0222.